The molecule has 0 saturated heterocycles. The van der Waals surface area contributed by atoms with E-state index in [4.69, 9.17) is 16.3 Å². The molecule has 5 heteroatoms. The lowest BCUT2D eigenvalue weighted by molar-refractivity contribution is -0.135. The minimum absolute atomic E-state index is 0.144. The summed E-state index contributed by atoms with van der Waals surface area (Å²) in [7, 11) is 0. The fraction of sp³-hybridized carbons (Fsp3) is 0.538. The predicted molar refractivity (Wildman–Crippen MR) is 66.2 cm³/mol. The molecule has 0 amide bonds. The molecule has 0 radical (unpaired) electrons. The molecule has 0 aliphatic rings. The third-order valence-electron chi connectivity index (χ3n) is 2.48. The Morgan fingerprint density at radius 3 is 2.56 bits per heavy atom. The zero-order chi connectivity index (χ0) is 13.8. The molecule has 1 rings (SSSR count). The van der Waals surface area contributed by atoms with Gasteiger partial charge in [0.2, 0.25) is 0 Å². The van der Waals surface area contributed by atoms with Crippen LogP contribution in [0.2, 0.25) is 0 Å². The smallest absolute Gasteiger partial charge is 0.389 e. The highest BCUT2D eigenvalue weighted by molar-refractivity contribution is 6.21. The van der Waals surface area contributed by atoms with Crippen molar-refractivity contribution in [2.45, 2.75) is 38.2 Å². The van der Waals surface area contributed by atoms with E-state index in [1.165, 1.54) is 0 Å². The fourth-order valence-corrected chi connectivity index (χ4v) is 1.93. The number of rotatable bonds is 5. The quantitative estimate of drug-likeness (QED) is 0.689. The molecule has 0 bridgehead atoms. The zero-order valence-corrected chi connectivity index (χ0v) is 11.1. The number of hydrogen-bond donors (Lipinski definition) is 0. The Morgan fingerprint density at radius 2 is 2.00 bits per heavy atom. The summed E-state index contributed by atoms with van der Waals surface area (Å²) in [5, 5.41) is -0.687. The van der Waals surface area contributed by atoms with Crippen molar-refractivity contribution in [3.8, 4) is 5.75 Å². The Labute approximate surface area is 110 Å². The van der Waals surface area contributed by atoms with Crippen molar-refractivity contribution in [2.24, 2.45) is 0 Å². The van der Waals surface area contributed by atoms with Crippen molar-refractivity contribution in [3.05, 3.63) is 29.3 Å². The maximum atomic E-state index is 12.2. The topological polar surface area (TPSA) is 9.23 Å². The van der Waals surface area contributed by atoms with E-state index in [2.05, 4.69) is 0 Å². The number of benzene rings is 1. The van der Waals surface area contributed by atoms with E-state index in [0.29, 0.717) is 17.9 Å². The summed E-state index contributed by atoms with van der Waals surface area (Å²) in [6, 6.07) is 5.37. The van der Waals surface area contributed by atoms with Crippen LogP contribution in [0, 0.1) is 6.92 Å². The molecule has 0 aliphatic carbocycles. The molecule has 0 fully saturated rings. The Kier molecular flexibility index (Phi) is 5.32. The Morgan fingerprint density at radius 1 is 1.33 bits per heavy atom. The highest BCUT2D eigenvalue weighted by Gasteiger charge is 2.28. The van der Waals surface area contributed by atoms with Gasteiger partial charge in [0.1, 0.15) is 5.75 Å². The lowest BCUT2D eigenvalue weighted by atomic mass is 10.0. The second kappa shape index (κ2) is 6.32. The van der Waals surface area contributed by atoms with Crippen LogP contribution < -0.4 is 4.74 Å². The van der Waals surface area contributed by atoms with Crippen molar-refractivity contribution >= 4 is 11.6 Å². The SMILES string of the molecule is CCOc1ccc(C)cc1C(Cl)CCC(F)(F)F. The van der Waals surface area contributed by atoms with E-state index < -0.39 is 18.0 Å². The molecule has 0 N–H and O–H groups in total. The minimum atomic E-state index is -4.18. The molecular formula is C13H16ClF3O. The molecule has 1 atom stereocenters. The molecule has 1 aromatic carbocycles. The number of hydrogen-bond acceptors (Lipinski definition) is 1. The first kappa shape index (κ1) is 15.2. The first-order valence-corrected chi connectivity index (χ1v) is 6.21. The van der Waals surface area contributed by atoms with E-state index in [-0.39, 0.29) is 6.42 Å². The molecule has 0 heterocycles. The fourth-order valence-electron chi connectivity index (χ4n) is 1.65. The van der Waals surface area contributed by atoms with Crippen LogP contribution in [0.15, 0.2) is 18.2 Å². The van der Waals surface area contributed by atoms with Crippen molar-refractivity contribution in [3.63, 3.8) is 0 Å². The molecule has 1 nitrogen and oxygen atoms in total. The molecule has 102 valence electrons. The molecule has 0 aliphatic heterocycles. The number of ether oxygens (including phenoxy) is 1. The van der Waals surface area contributed by atoms with E-state index in [0.717, 1.165) is 5.56 Å². The van der Waals surface area contributed by atoms with E-state index >= 15 is 0 Å². The van der Waals surface area contributed by atoms with Crippen molar-refractivity contribution < 1.29 is 17.9 Å². The first-order valence-electron chi connectivity index (χ1n) is 5.77. The second-order valence-corrected chi connectivity index (χ2v) is 4.62. The van der Waals surface area contributed by atoms with E-state index in [1.807, 2.05) is 19.9 Å². The Hall–Kier alpha value is -0.900. The maximum Gasteiger partial charge on any atom is 0.389 e. The monoisotopic (exact) mass is 280 g/mol. The molecule has 0 aromatic heterocycles. The summed E-state index contributed by atoms with van der Waals surface area (Å²) < 4.78 is 41.9. The minimum Gasteiger partial charge on any atom is -0.494 e. The molecule has 1 aromatic rings. The van der Waals surface area contributed by atoms with E-state index in [9.17, 15) is 13.2 Å². The highest BCUT2D eigenvalue weighted by atomic mass is 35.5. The van der Waals surface area contributed by atoms with Gasteiger partial charge in [-0.25, -0.2) is 0 Å². The predicted octanol–water partition coefficient (Wildman–Crippen LogP) is 5.02. The molecule has 1 unspecified atom stereocenters. The van der Waals surface area contributed by atoms with Crippen LogP contribution in [-0.4, -0.2) is 12.8 Å². The lowest BCUT2D eigenvalue weighted by Crippen LogP contribution is -2.09. The average Bonchev–Trinajstić information content (AvgIpc) is 2.27. The van der Waals surface area contributed by atoms with Gasteiger partial charge in [0, 0.05) is 12.0 Å². The number of aryl methyl sites for hydroxylation is 1. The van der Waals surface area contributed by atoms with Crippen LogP contribution >= 0.6 is 11.6 Å². The van der Waals surface area contributed by atoms with Crippen LogP contribution in [0.5, 0.6) is 5.75 Å². The van der Waals surface area contributed by atoms with Crippen molar-refractivity contribution in [1.29, 1.82) is 0 Å². The number of alkyl halides is 4. The third-order valence-corrected chi connectivity index (χ3v) is 2.94. The largest absolute Gasteiger partial charge is 0.494 e. The van der Waals surface area contributed by atoms with Crippen LogP contribution in [0.25, 0.3) is 0 Å². The summed E-state index contributed by atoms with van der Waals surface area (Å²) in [5.41, 5.74) is 1.58. The van der Waals surface area contributed by atoms with Crippen LogP contribution in [-0.2, 0) is 0 Å². The molecule has 0 saturated carbocycles. The molecule has 0 spiro atoms. The van der Waals surface area contributed by atoms with Gasteiger partial charge in [0.05, 0.1) is 12.0 Å². The van der Waals surface area contributed by atoms with Gasteiger partial charge in [0.25, 0.3) is 0 Å². The summed E-state index contributed by atoms with van der Waals surface area (Å²) >= 11 is 6.05. The Bertz CT molecular complexity index is 390. The van der Waals surface area contributed by atoms with Crippen molar-refractivity contribution in [1.82, 2.24) is 0 Å². The summed E-state index contributed by atoms with van der Waals surface area (Å²) in [6.07, 6.45) is -5.21. The normalized spacial score (nSPS) is 13.4. The first-order chi connectivity index (χ1) is 8.33. The molecule has 18 heavy (non-hydrogen) atoms. The van der Waals surface area contributed by atoms with E-state index in [1.54, 1.807) is 12.1 Å². The van der Waals surface area contributed by atoms with Crippen LogP contribution in [0.3, 0.4) is 0 Å². The second-order valence-electron chi connectivity index (χ2n) is 4.10. The van der Waals surface area contributed by atoms with Crippen LogP contribution in [0.1, 0.15) is 36.3 Å². The summed E-state index contributed by atoms with van der Waals surface area (Å²) in [5.74, 6) is 0.560. The van der Waals surface area contributed by atoms with Gasteiger partial charge in [-0.3, -0.25) is 0 Å². The average molecular weight is 281 g/mol. The van der Waals surface area contributed by atoms with Crippen LogP contribution in [0.4, 0.5) is 13.2 Å². The van der Waals surface area contributed by atoms with Gasteiger partial charge in [0.15, 0.2) is 0 Å². The van der Waals surface area contributed by atoms with Gasteiger partial charge in [-0.15, -0.1) is 11.6 Å². The number of halogens is 4. The van der Waals surface area contributed by atoms with Gasteiger partial charge in [-0.05, 0) is 26.3 Å². The molecular weight excluding hydrogens is 265 g/mol. The van der Waals surface area contributed by atoms with Gasteiger partial charge >= 0.3 is 6.18 Å². The zero-order valence-electron chi connectivity index (χ0n) is 10.4. The Balaban J connectivity index is 2.82. The van der Waals surface area contributed by atoms with Crippen molar-refractivity contribution in [2.75, 3.05) is 6.61 Å². The standard InChI is InChI=1S/C13H16ClF3O/c1-3-18-12-5-4-9(2)8-10(12)11(14)6-7-13(15,16)17/h4-5,8,11H,3,6-7H2,1-2H3. The summed E-state index contributed by atoms with van der Waals surface area (Å²) in [6.45, 7) is 4.15. The summed E-state index contributed by atoms with van der Waals surface area (Å²) in [4.78, 5) is 0. The third kappa shape index (κ3) is 4.77. The van der Waals surface area contributed by atoms with Gasteiger partial charge in [-0.1, -0.05) is 17.7 Å². The highest BCUT2D eigenvalue weighted by Crippen LogP contribution is 2.36. The van der Waals surface area contributed by atoms with Gasteiger partial charge in [-0.2, -0.15) is 13.2 Å². The lowest BCUT2D eigenvalue weighted by Gasteiger charge is -2.16. The van der Waals surface area contributed by atoms with Gasteiger partial charge < -0.3 is 4.74 Å². The maximum absolute atomic E-state index is 12.2.